The third-order valence-electron chi connectivity index (χ3n) is 6.47. The van der Waals surface area contributed by atoms with E-state index in [0.717, 1.165) is 0 Å². The van der Waals surface area contributed by atoms with Crippen LogP contribution in [0.5, 0.6) is 0 Å². The first-order valence-electron chi connectivity index (χ1n) is 11.4. The molecular formula is C27H23F9. The molecule has 0 aliphatic carbocycles. The molecule has 0 amide bonds. The summed E-state index contributed by atoms with van der Waals surface area (Å²) in [6.45, 7) is 3.24. The summed E-state index contributed by atoms with van der Waals surface area (Å²) in [5.74, 6) is -13.7. The molecule has 0 fully saturated rings. The topological polar surface area (TPSA) is 0 Å². The second kappa shape index (κ2) is 11.0. The first-order valence-corrected chi connectivity index (χ1v) is 11.4. The summed E-state index contributed by atoms with van der Waals surface area (Å²) in [7, 11) is 0. The van der Waals surface area contributed by atoms with E-state index in [2.05, 4.69) is 0 Å². The predicted molar refractivity (Wildman–Crippen MR) is 117 cm³/mol. The molecule has 3 aromatic rings. The molecule has 0 saturated carbocycles. The van der Waals surface area contributed by atoms with Crippen molar-refractivity contribution in [2.24, 2.45) is 0 Å². The Labute approximate surface area is 202 Å². The zero-order valence-corrected chi connectivity index (χ0v) is 19.5. The summed E-state index contributed by atoms with van der Waals surface area (Å²) in [4.78, 5) is 0. The van der Waals surface area contributed by atoms with Crippen LogP contribution in [0.1, 0.15) is 62.1 Å². The van der Waals surface area contributed by atoms with Crippen LogP contribution in [0, 0.1) is 52.4 Å². The first kappa shape index (κ1) is 27.6. The highest BCUT2D eigenvalue weighted by Crippen LogP contribution is 2.51. The van der Waals surface area contributed by atoms with Crippen LogP contribution >= 0.6 is 0 Å². The van der Waals surface area contributed by atoms with E-state index in [1.165, 1.54) is 0 Å². The standard InChI is InChI=1S/C27H23F9/c1-3-5-27(6-4-2,26-23(35)11-16(30)12-24(26)36)18(25-21(33)9-15(29)10-22(25)34)13-17-19(31)7-14(28)8-20(17)32/h7-12,18H,3-6,13H2,1-2H3. The van der Waals surface area contributed by atoms with Crippen LogP contribution in [0.4, 0.5) is 39.5 Å². The van der Waals surface area contributed by atoms with Gasteiger partial charge in [-0.15, -0.1) is 0 Å². The van der Waals surface area contributed by atoms with Crippen molar-refractivity contribution in [2.75, 3.05) is 0 Å². The monoisotopic (exact) mass is 518 g/mol. The predicted octanol–water partition coefficient (Wildman–Crippen LogP) is 8.80. The fourth-order valence-electron chi connectivity index (χ4n) is 5.24. The zero-order valence-electron chi connectivity index (χ0n) is 19.5. The van der Waals surface area contributed by atoms with Gasteiger partial charge in [0.1, 0.15) is 52.4 Å². The highest BCUT2D eigenvalue weighted by Gasteiger charge is 2.46. The average molecular weight is 518 g/mol. The molecule has 0 aliphatic rings. The Bertz CT molecular complexity index is 1180. The van der Waals surface area contributed by atoms with E-state index in [-0.39, 0.29) is 25.7 Å². The van der Waals surface area contributed by atoms with Gasteiger partial charge in [0, 0.05) is 64.4 Å². The molecule has 1 atom stereocenters. The van der Waals surface area contributed by atoms with Gasteiger partial charge in [-0.1, -0.05) is 26.7 Å². The van der Waals surface area contributed by atoms with E-state index in [1.54, 1.807) is 13.8 Å². The second-order valence-corrected chi connectivity index (χ2v) is 8.79. The molecule has 3 rings (SSSR count). The molecular weight excluding hydrogens is 495 g/mol. The molecule has 36 heavy (non-hydrogen) atoms. The van der Waals surface area contributed by atoms with Gasteiger partial charge in [-0.25, -0.2) is 39.5 Å². The number of benzene rings is 3. The summed E-state index contributed by atoms with van der Waals surface area (Å²) in [6, 6.07) is 2.25. The minimum absolute atomic E-state index is 0.133. The maximum Gasteiger partial charge on any atom is 0.132 e. The summed E-state index contributed by atoms with van der Waals surface area (Å²) in [5, 5.41) is 0. The fourth-order valence-corrected chi connectivity index (χ4v) is 5.24. The van der Waals surface area contributed by atoms with Crippen molar-refractivity contribution in [1.29, 1.82) is 0 Å². The third kappa shape index (κ3) is 5.25. The van der Waals surface area contributed by atoms with Crippen molar-refractivity contribution in [3.8, 4) is 0 Å². The van der Waals surface area contributed by atoms with E-state index in [1.807, 2.05) is 0 Å². The SMILES string of the molecule is CCCC(CCC)(c1c(F)cc(F)cc1F)C(Cc1c(F)cc(F)cc1F)c1c(F)cc(F)cc1F. The lowest BCUT2D eigenvalue weighted by atomic mass is 9.60. The number of halogens is 9. The highest BCUT2D eigenvalue weighted by molar-refractivity contribution is 5.40. The number of hydrogen-bond acceptors (Lipinski definition) is 0. The molecule has 0 saturated heterocycles. The quantitative estimate of drug-likeness (QED) is 0.248. The molecule has 0 radical (unpaired) electrons. The molecule has 0 heterocycles. The normalized spacial score (nSPS) is 12.8. The van der Waals surface area contributed by atoms with Crippen LogP contribution in [-0.4, -0.2) is 0 Å². The van der Waals surface area contributed by atoms with E-state index in [4.69, 9.17) is 0 Å². The Morgan fingerprint density at radius 2 is 0.917 bits per heavy atom. The lowest BCUT2D eigenvalue weighted by Gasteiger charge is -2.43. The van der Waals surface area contributed by atoms with Gasteiger partial charge in [0.25, 0.3) is 0 Å². The number of rotatable bonds is 9. The minimum atomic E-state index is -1.85. The molecule has 9 heteroatoms. The lowest BCUT2D eigenvalue weighted by Crippen LogP contribution is -2.38. The highest BCUT2D eigenvalue weighted by atomic mass is 19.2. The van der Waals surface area contributed by atoms with Gasteiger partial charge in [-0.3, -0.25) is 0 Å². The Morgan fingerprint density at radius 1 is 0.556 bits per heavy atom. The maximum atomic E-state index is 15.2. The van der Waals surface area contributed by atoms with Crippen molar-refractivity contribution in [3.63, 3.8) is 0 Å². The van der Waals surface area contributed by atoms with Gasteiger partial charge < -0.3 is 0 Å². The van der Waals surface area contributed by atoms with Gasteiger partial charge >= 0.3 is 0 Å². The van der Waals surface area contributed by atoms with Crippen LogP contribution in [0.25, 0.3) is 0 Å². The Balaban J connectivity index is 2.44. The van der Waals surface area contributed by atoms with Crippen LogP contribution in [0.3, 0.4) is 0 Å². The first-order chi connectivity index (χ1) is 16.9. The van der Waals surface area contributed by atoms with E-state index < -0.39 is 86.8 Å². The molecule has 0 aliphatic heterocycles. The van der Waals surface area contributed by atoms with Crippen LogP contribution in [-0.2, 0) is 11.8 Å². The van der Waals surface area contributed by atoms with Crippen LogP contribution in [0.15, 0.2) is 36.4 Å². The van der Waals surface area contributed by atoms with Crippen LogP contribution in [0.2, 0.25) is 0 Å². The minimum Gasteiger partial charge on any atom is -0.207 e. The molecule has 3 aromatic carbocycles. The fraction of sp³-hybridized carbons (Fsp3) is 0.333. The van der Waals surface area contributed by atoms with Gasteiger partial charge in [-0.05, 0) is 19.3 Å². The van der Waals surface area contributed by atoms with Gasteiger partial charge in [0.15, 0.2) is 0 Å². The average Bonchev–Trinajstić information content (AvgIpc) is 2.73. The van der Waals surface area contributed by atoms with Gasteiger partial charge in [0.05, 0.1) is 0 Å². The molecule has 0 nitrogen and oxygen atoms in total. The van der Waals surface area contributed by atoms with Crippen molar-refractivity contribution < 1.29 is 39.5 Å². The summed E-state index contributed by atoms with van der Waals surface area (Å²) >= 11 is 0. The molecule has 1 unspecified atom stereocenters. The van der Waals surface area contributed by atoms with Crippen molar-refractivity contribution in [3.05, 3.63) is 105 Å². The third-order valence-corrected chi connectivity index (χ3v) is 6.47. The molecule has 0 spiro atoms. The second-order valence-electron chi connectivity index (χ2n) is 8.79. The van der Waals surface area contributed by atoms with Gasteiger partial charge in [0.2, 0.25) is 0 Å². The molecule has 0 bridgehead atoms. The largest absolute Gasteiger partial charge is 0.207 e. The Morgan fingerprint density at radius 3 is 1.31 bits per heavy atom. The smallest absolute Gasteiger partial charge is 0.132 e. The lowest BCUT2D eigenvalue weighted by molar-refractivity contribution is 0.252. The van der Waals surface area contributed by atoms with E-state index in [0.29, 0.717) is 36.4 Å². The van der Waals surface area contributed by atoms with Crippen molar-refractivity contribution in [2.45, 2.75) is 57.3 Å². The van der Waals surface area contributed by atoms with Gasteiger partial charge in [-0.2, -0.15) is 0 Å². The Kier molecular flexibility index (Phi) is 8.41. The summed E-state index contributed by atoms with van der Waals surface area (Å²) in [5.41, 5.74) is -4.17. The molecule has 194 valence electrons. The number of hydrogen-bond donors (Lipinski definition) is 0. The summed E-state index contributed by atoms with van der Waals surface area (Å²) in [6.07, 6.45) is -0.720. The molecule has 0 aromatic heterocycles. The molecule has 0 N–H and O–H groups in total. The summed E-state index contributed by atoms with van der Waals surface area (Å²) < 4.78 is 131. The van der Waals surface area contributed by atoms with E-state index >= 15 is 17.6 Å². The van der Waals surface area contributed by atoms with E-state index in [9.17, 15) is 22.0 Å². The Hall–Kier alpha value is -2.97. The zero-order chi connectivity index (χ0) is 26.8. The van der Waals surface area contributed by atoms with Crippen molar-refractivity contribution >= 4 is 0 Å². The maximum absolute atomic E-state index is 15.2. The van der Waals surface area contributed by atoms with Crippen molar-refractivity contribution in [1.82, 2.24) is 0 Å². The van der Waals surface area contributed by atoms with Crippen LogP contribution < -0.4 is 0 Å².